The maximum absolute atomic E-state index is 10.9. The Morgan fingerprint density at radius 1 is 1.10 bits per heavy atom. The molecule has 1 N–H and O–H groups in total. The van der Waals surface area contributed by atoms with Gasteiger partial charge in [-0.3, -0.25) is 0 Å². The number of aliphatic hydroxyl groups excluding tert-OH is 1. The third-order valence-electron chi connectivity index (χ3n) is 3.70. The van der Waals surface area contributed by atoms with E-state index in [-0.39, 0.29) is 6.10 Å². The average Bonchev–Trinajstić information content (AvgIpc) is 2.44. The molecule has 1 aromatic rings. The zero-order valence-corrected chi connectivity index (χ0v) is 13.3. The molecule has 0 aliphatic heterocycles. The fourth-order valence-corrected chi connectivity index (χ4v) is 2.56. The molecule has 1 unspecified atom stereocenters. The van der Waals surface area contributed by atoms with Crippen molar-refractivity contribution in [2.24, 2.45) is 0 Å². The second-order valence-corrected chi connectivity index (χ2v) is 5.31. The molecule has 20 heavy (non-hydrogen) atoms. The lowest BCUT2D eigenvalue weighted by Gasteiger charge is -2.37. The summed E-state index contributed by atoms with van der Waals surface area (Å²) in [5, 5.41) is 10.9. The van der Waals surface area contributed by atoms with Crippen LogP contribution in [-0.2, 0) is 4.74 Å². The van der Waals surface area contributed by atoms with Crippen molar-refractivity contribution < 1.29 is 14.6 Å². The van der Waals surface area contributed by atoms with E-state index in [0.717, 1.165) is 24.2 Å². The molecule has 0 aromatic heterocycles. The Morgan fingerprint density at radius 2 is 1.70 bits per heavy atom. The Balaban J connectivity index is 3.14. The van der Waals surface area contributed by atoms with Gasteiger partial charge in [0.2, 0.25) is 0 Å². The van der Waals surface area contributed by atoms with Gasteiger partial charge in [-0.2, -0.15) is 0 Å². The molecule has 1 rings (SSSR count). The van der Waals surface area contributed by atoms with Crippen LogP contribution in [0.1, 0.15) is 59.1 Å². The number of benzene rings is 1. The molecule has 3 nitrogen and oxygen atoms in total. The Hall–Kier alpha value is -1.06. The Kier molecular flexibility index (Phi) is 6.50. The summed E-state index contributed by atoms with van der Waals surface area (Å²) < 4.78 is 11.7. The lowest BCUT2D eigenvalue weighted by Crippen LogP contribution is -2.38. The first-order valence-corrected chi connectivity index (χ1v) is 7.58. The Labute approximate surface area is 122 Å². The summed E-state index contributed by atoms with van der Waals surface area (Å²) in [5.74, 6) is 0.737. The molecular formula is C17H28O3. The predicted octanol–water partition coefficient (Wildman–Crippen LogP) is 4.10. The third-order valence-corrected chi connectivity index (χ3v) is 3.70. The third kappa shape index (κ3) is 3.74. The van der Waals surface area contributed by atoms with Crippen LogP contribution in [0.4, 0.5) is 0 Å². The monoisotopic (exact) mass is 280 g/mol. The fraction of sp³-hybridized carbons (Fsp3) is 0.647. The summed E-state index contributed by atoms with van der Waals surface area (Å²) in [7, 11) is 0. The van der Waals surface area contributed by atoms with Crippen molar-refractivity contribution in [3.63, 3.8) is 0 Å². The zero-order valence-electron chi connectivity index (χ0n) is 13.3. The molecule has 0 spiro atoms. The van der Waals surface area contributed by atoms with Crippen molar-refractivity contribution in [3.8, 4) is 5.75 Å². The normalized spacial score (nSPS) is 13.6. The number of hydrogen-bond acceptors (Lipinski definition) is 3. The molecule has 0 radical (unpaired) electrons. The minimum atomic E-state index is -0.688. The molecule has 114 valence electrons. The summed E-state index contributed by atoms with van der Waals surface area (Å²) in [4.78, 5) is 0. The molecule has 0 saturated heterocycles. The summed E-state index contributed by atoms with van der Waals surface area (Å²) in [6.45, 7) is 10.6. The maximum atomic E-state index is 10.9. The average molecular weight is 280 g/mol. The number of rotatable bonds is 8. The molecule has 1 aromatic carbocycles. The van der Waals surface area contributed by atoms with Crippen molar-refractivity contribution in [1.29, 1.82) is 0 Å². The van der Waals surface area contributed by atoms with Gasteiger partial charge < -0.3 is 14.6 Å². The molecule has 1 atom stereocenters. The second-order valence-electron chi connectivity index (χ2n) is 5.31. The van der Waals surface area contributed by atoms with Crippen LogP contribution in [0.15, 0.2) is 24.3 Å². The van der Waals surface area contributed by atoms with Crippen molar-refractivity contribution in [2.75, 3.05) is 6.61 Å². The minimum absolute atomic E-state index is 0.0769. The zero-order chi connectivity index (χ0) is 15.2. The fourth-order valence-electron chi connectivity index (χ4n) is 2.56. The van der Waals surface area contributed by atoms with Crippen LogP contribution < -0.4 is 4.74 Å². The van der Waals surface area contributed by atoms with E-state index >= 15 is 0 Å². The van der Waals surface area contributed by atoms with Crippen LogP contribution in [0.3, 0.4) is 0 Å². The number of para-hydroxylation sites is 1. The van der Waals surface area contributed by atoms with E-state index in [1.165, 1.54) is 0 Å². The highest BCUT2D eigenvalue weighted by atomic mass is 16.5. The molecule has 0 aliphatic rings. The largest absolute Gasteiger partial charge is 0.491 e. The molecule has 0 aliphatic carbocycles. The first kappa shape index (κ1) is 17.0. The lowest BCUT2D eigenvalue weighted by molar-refractivity contribution is -0.128. The van der Waals surface area contributed by atoms with E-state index < -0.39 is 11.7 Å². The SMILES string of the molecule is CCOC(CC)(CC)C(O)c1ccccc1OC(C)C. The highest BCUT2D eigenvalue weighted by molar-refractivity contribution is 5.36. The molecule has 0 amide bonds. The van der Waals surface area contributed by atoms with Crippen LogP contribution in [0.5, 0.6) is 5.75 Å². The van der Waals surface area contributed by atoms with E-state index in [1.54, 1.807) is 0 Å². The summed E-state index contributed by atoms with van der Waals surface area (Å²) in [6.07, 6.45) is 0.906. The predicted molar refractivity (Wildman–Crippen MR) is 82.1 cm³/mol. The van der Waals surface area contributed by atoms with Crippen LogP contribution >= 0.6 is 0 Å². The number of aliphatic hydroxyl groups is 1. The van der Waals surface area contributed by atoms with E-state index in [4.69, 9.17) is 9.47 Å². The van der Waals surface area contributed by atoms with Crippen molar-refractivity contribution in [2.45, 2.75) is 65.3 Å². The van der Waals surface area contributed by atoms with Gasteiger partial charge in [0.15, 0.2) is 0 Å². The minimum Gasteiger partial charge on any atom is -0.491 e. The van der Waals surface area contributed by atoms with Crippen LogP contribution in [-0.4, -0.2) is 23.4 Å². The van der Waals surface area contributed by atoms with Crippen LogP contribution in [0.2, 0.25) is 0 Å². The van der Waals surface area contributed by atoms with Crippen molar-refractivity contribution in [3.05, 3.63) is 29.8 Å². The van der Waals surface area contributed by atoms with E-state index in [1.807, 2.05) is 58.9 Å². The van der Waals surface area contributed by atoms with Crippen molar-refractivity contribution in [1.82, 2.24) is 0 Å². The molecule has 0 bridgehead atoms. The summed E-state index contributed by atoms with van der Waals surface area (Å²) in [6, 6.07) is 7.67. The molecule has 0 saturated carbocycles. The summed E-state index contributed by atoms with van der Waals surface area (Å²) in [5.41, 5.74) is 0.254. The second kappa shape index (κ2) is 7.65. The van der Waals surface area contributed by atoms with Gasteiger partial charge in [0.05, 0.1) is 11.7 Å². The highest BCUT2D eigenvalue weighted by Crippen LogP contribution is 2.39. The molecular weight excluding hydrogens is 252 g/mol. The number of hydrogen-bond donors (Lipinski definition) is 1. The van der Waals surface area contributed by atoms with E-state index in [9.17, 15) is 5.11 Å². The first-order chi connectivity index (χ1) is 9.50. The van der Waals surface area contributed by atoms with Gasteiger partial charge in [-0.05, 0) is 39.7 Å². The maximum Gasteiger partial charge on any atom is 0.125 e. The lowest BCUT2D eigenvalue weighted by atomic mass is 9.85. The topological polar surface area (TPSA) is 38.7 Å². The van der Waals surface area contributed by atoms with Crippen LogP contribution in [0.25, 0.3) is 0 Å². The number of ether oxygens (including phenoxy) is 2. The highest BCUT2D eigenvalue weighted by Gasteiger charge is 2.37. The van der Waals surface area contributed by atoms with Gasteiger partial charge in [0, 0.05) is 12.2 Å². The van der Waals surface area contributed by atoms with Crippen LogP contribution in [0, 0.1) is 0 Å². The Bertz CT molecular complexity index is 397. The molecule has 0 heterocycles. The summed E-state index contributed by atoms with van der Waals surface area (Å²) >= 11 is 0. The first-order valence-electron chi connectivity index (χ1n) is 7.58. The quantitative estimate of drug-likeness (QED) is 0.779. The van der Waals surface area contributed by atoms with Crippen molar-refractivity contribution >= 4 is 0 Å². The van der Waals surface area contributed by atoms with Gasteiger partial charge in [-0.25, -0.2) is 0 Å². The van der Waals surface area contributed by atoms with Gasteiger partial charge in [-0.1, -0.05) is 32.0 Å². The standard InChI is InChI=1S/C17H28O3/c1-6-17(7-2,19-8-3)16(18)14-11-9-10-12-15(14)20-13(4)5/h9-13,16,18H,6-8H2,1-5H3. The van der Waals surface area contributed by atoms with Gasteiger partial charge in [-0.15, -0.1) is 0 Å². The molecule has 3 heteroatoms. The van der Waals surface area contributed by atoms with E-state index in [2.05, 4.69) is 0 Å². The van der Waals surface area contributed by atoms with E-state index in [0.29, 0.717) is 6.61 Å². The van der Waals surface area contributed by atoms with Gasteiger partial charge in [0.25, 0.3) is 0 Å². The molecule has 0 fully saturated rings. The Morgan fingerprint density at radius 3 is 2.20 bits per heavy atom. The van der Waals surface area contributed by atoms with Gasteiger partial charge >= 0.3 is 0 Å². The smallest absolute Gasteiger partial charge is 0.125 e. The van der Waals surface area contributed by atoms with Gasteiger partial charge in [0.1, 0.15) is 11.9 Å².